The molecule has 1 saturated heterocycles. The Balaban J connectivity index is 1.73. The van der Waals surface area contributed by atoms with E-state index in [4.69, 9.17) is 14.2 Å². The molecule has 1 aliphatic rings. The third kappa shape index (κ3) is 4.82. The zero-order chi connectivity index (χ0) is 23.5. The number of carbonyl (C=O) groups excluding carboxylic acids is 2. The van der Waals surface area contributed by atoms with Crippen molar-refractivity contribution in [3.05, 3.63) is 42.0 Å². The Morgan fingerprint density at radius 3 is 2.31 bits per heavy atom. The lowest BCUT2D eigenvalue weighted by Crippen LogP contribution is -2.37. The fourth-order valence-electron chi connectivity index (χ4n) is 3.31. The maximum Gasteiger partial charge on any atom is 0.416 e. The summed E-state index contributed by atoms with van der Waals surface area (Å²) in [6.07, 6.45) is -4.58. The molecule has 1 aliphatic heterocycles. The van der Waals surface area contributed by atoms with E-state index in [0.717, 1.165) is 18.2 Å². The van der Waals surface area contributed by atoms with Gasteiger partial charge in [-0.15, -0.1) is 0 Å². The van der Waals surface area contributed by atoms with Crippen LogP contribution >= 0.6 is 0 Å². The number of hydrogen-bond acceptors (Lipinski definition) is 5. The van der Waals surface area contributed by atoms with Crippen LogP contribution < -0.4 is 24.4 Å². The minimum atomic E-state index is -4.58. The molecule has 2 aromatic carbocycles. The van der Waals surface area contributed by atoms with Gasteiger partial charge in [0.25, 0.3) is 0 Å². The first kappa shape index (κ1) is 23.0. The first-order valence-corrected chi connectivity index (χ1v) is 9.51. The number of amides is 3. The van der Waals surface area contributed by atoms with E-state index < -0.39 is 23.7 Å². The molecule has 1 N–H and O–H groups in total. The van der Waals surface area contributed by atoms with Gasteiger partial charge in [0.05, 0.1) is 38.3 Å². The van der Waals surface area contributed by atoms with E-state index in [0.29, 0.717) is 23.7 Å². The van der Waals surface area contributed by atoms with Gasteiger partial charge in [-0.2, -0.15) is 13.2 Å². The number of halogens is 3. The van der Waals surface area contributed by atoms with Gasteiger partial charge >= 0.3 is 12.2 Å². The van der Waals surface area contributed by atoms with Gasteiger partial charge in [0.2, 0.25) is 5.91 Å². The van der Waals surface area contributed by atoms with Crippen molar-refractivity contribution in [2.45, 2.75) is 6.18 Å². The van der Waals surface area contributed by atoms with Crippen molar-refractivity contribution in [1.29, 1.82) is 0 Å². The maximum atomic E-state index is 13.0. The van der Waals surface area contributed by atoms with E-state index in [-0.39, 0.29) is 24.5 Å². The molecule has 172 valence electrons. The first-order valence-electron chi connectivity index (χ1n) is 9.51. The van der Waals surface area contributed by atoms with Crippen LogP contribution in [0.4, 0.5) is 29.3 Å². The van der Waals surface area contributed by atoms with Gasteiger partial charge in [0.1, 0.15) is 23.8 Å². The van der Waals surface area contributed by atoms with Crippen LogP contribution in [0, 0.1) is 0 Å². The molecule has 0 radical (unpaired) electrons. The van der Waals surface area contributed by atoms with E-state index in [1.54, 1.807) is 18.2 Å². The number of urea groups is 1. The van der Waals surface area contributed by atoms with Gasteiger partial charge in [-0.05, 0) is 30.3 Å². The Hall–Kier alpha value is -3.63. The minimum Gasteiger partial charge on any atom is -0.497 e. The van der Waals surface area contributed by atoms with Gasteiger partial charge in [0, 0.05) is 19.2 Å². The second kappa shape index (κ2) is 9.25. The Morgan fingerprint density at radius 2 is 1.69 bits per heavy atom. The molecule has 0 aliphatic carbocycles. The summed E-state index contributed by atoms with van der Waals surface area (Å²) >= 11 is 0. The predicted molar refractivity (Wildman–Crippen MR) is 110 cm³/mol. The van der Waals surface area contributed by atoms with E-state index in [9.17, 15) is 22.8 Å². The number of nitrogens with one attached hydrogen (secondary N) is 1. The lowest BCUT2D eigenvalue weighted by atomic mass is 10.1. The number of ether oxygens (including phenoxy) is 3. The van der Waals surface area contributed by atoms with Crippen molar-refractivity contribution in [3.8, 4) is 17.2 Å². The maximum absolute atomic E-state index is 13.0. The number of nitrogens with zero attached hydrogens (tertiary/aromatic N) is 2. The van der Waals surface area contributed by atoms with Crippen LogP contribution in [0.1, 0.15) is 5.56 Å². The number of methoxy groups -OCH3 is 3. The molecule has 0 bridgehead atoms. The van der Waals surface area contributed by atoms with Crippen LogP contribution in [0.15, 0.2) is 36.4 Å². The van der Waals surface area contributed by atoms with E-state index in [1.165, 1.54) is 31.1 Å². The summed E-state index contributed by atoms with van der Waals surface area (Å²) in [6.45, 7) is 0.190. The van der Waals surface area contributed by atoms with Crippen molar-refractivity contribution in [2.75, 3.05) is 51.2 Å². The summed E-state index contributed by atoms with van der Waals surface area (Å²) in [7, 11) is 4.25. The highest BCUT2D eigenvalue weighted by Crippen LogP contribution is 2.36. The highest BCUT2D eigenvalue weighted by molar-refractivity contribution is 6.00. The summed E-state index contributed by atoms with van der Waals surface area (Å²) in [5, 5.41) is 2.40. The summed E-state index contributed by atoms with van der Waals surface area (Å²) in [4.78, 5) is 28.1. The van der Waals surface area contributed by atoms with Gasteiger partial charge in [-0.3, -0.25) is 9.69 Å². The topological polar surface area (TPSA) is 80.3 Å². The number of alkyl halides is 3. The molecule has 3 amide bonds. The van der Waals surface area contributed by atoms with Crippen molar-refractivity contribution < 1.29 is 37.0 Å². The lowest BCUT2D eigenvalue weighted by molar-refractivity contribution is -0.137. The number of benzene rings is 2. The number of anilines is 2. The van der Waals surface area contributed by atoms with Crippen LogP contribution in [0.5, 0.6) is 17.2 Å². The lowest BCUT2D eigenvalue weighted by Gasteiger charge is -2.21. The predicted octanol–water partition coefficient (Wildman–Crippen LogP) is 3.61. The molecule has 8 nitrogen and oxygen atoms in total. The minimum absolute atomic E-state index is 0.0711. The Bertz CT molecular complexity index is 1010. The van der Waals surface area contributed by atoms with Crippen LogP contribution in [0.2, 0.25) is 0 Å². The van der Waals surface area contributed by atoms with Gasteiger partial charge in [0.15, 0.2) is 0 Å². The molecule has 0 saturated carbocycles. The second-order valence-electron chi connectivity index (χ2n) is 6.85. The largest absolute Gasteiger partial charge is 0.497 e. The summed E-state index contributed by atoms with van der Waals surface area (Å²) < 4.78 is 54.6. The SMILES string of the molecule is COc1ccc(OC)c(N2CCN(CC(=O)Nc3cc(C(F)(F)F)ccc3OC)C2=O)c1. The zero-order valence-electron chi connectivity index (χ0n) is 17.7. The summed E-state index contributed by atoms with van der Waals surface area (Å²) in [6, 6.07) is 7.33. The Kier molecular flexibility index (Phi) is 6.66. The fourth-order valence-corrected chi connectivity index (χ4v) is 3.31. The average Bonchev–Trinajstić information content (AvgIpc) is 3.12. The van der Waals surface area contributed by atoms with Crippen LogP contribution in [-0.4, -0.2) is 57.8 Å². The molecular weight excluding hydrogens is 431 g/mol. The molecule has 0 spiro atoms. The average molecular weight is 453 g/mol. The molecule has 0 unspecified atom stereocenters. The van der Waals surface area contributed by atoms with Crippen molar-refractivity contribution in [2.24, 2.45) is 0 Å². The molecule has 0 aromatic heterocycles. The highest BCUT2D eigenvalue weighted by atomic mass is 19.4. The number of rotatable bonds is 7. The highest BCUT2D eigenvalue weighted by Gasteiger charge is 2.34. The third-order valence-corrected chi connectivity index (χ3v) is 4.91. The molecule has 32 heavy (non-hydrogen) atoms. The van der Waals surface area contributed by atoms with E-state index >= 15 is 0 Å². The van der Waals surface area contributed by atoms with Crippen molar-refractivity contribution >= 4 is 23.3 Å². The Labute approximate surface area is 182 Å². The third-order valence-electron chi connectivity index (χ3n) is 4.91. The second-order valence-corrected chi connectivity index (χ2v) is 6.85. The molecule has 0 atom stereocenters. The molecule has 11 heteroatoms. The van der Waals surface area contributed by atoms with Crippen LogP contribution in [0.3, 0.4) is 0 Å². The molecule has 1 heterocycles. The normalized spacial score (nSPS) is 13.9. The first-order chi connectivity index (χ1) is 15.2. The number of carbonyl (C=O) groups is 2. The molecule has 2 aromatic rings. The van der Waals surface area contributed by atoms with Crippen LogP contribution in [0.25, 0.3) is 0 Å². The van der Waals surface area contributed by atoms with Crippen LogP contribution in [-0.2, 0) is 11.0 Å². The monoisotopic (exact) mass is 453 g/mol. The molecule has 1 fully saturated rings. The molecule has 3 rings (SSSR count). The van der Waals surface area contributed by atoms with Gasteiger partial charge in [-0.1, -0.05) is 0 Å². The fraction of sp³-hybridized carbons (Fsp3) is 0.333. The van der Waals surface area contributed by atoms with E-state index in [1.807, 2.05) is 0 Å². The summed E-state index contributed by atoms with van der Waals surface area (Å²) in [5.74, 6) is 0.401. The van der Waals surface area contributed by atoms with Gasteiger partial charge < -0.3 is 24.4 Å². The zero-order valence-corrected chi connectivity index (χ0v) is 17.7. The standard InChI is InChI=1S/C21H22F3N3O5/c1-30-14-5-7-18(32-3)16(11-14)27-9-8-26(20(27)29)12-19(28)25-15-10-13(21(22,23)24)4-6-17(15)31-2/h4-7,10-11H,8-9,12H2,1-3H3,(H,25,28). The van der Waals surface area contributed by atoms with E-state index in [2.05, 4.69) is 5.32 Å². The summed E-state index contributed by atoms with van der Waals surface area (Å²) in [5.41, 5.74) is -0.577. The van der Waals surface area contributed by atoms with Crippen molar-refractivity contribution in [1.82, 2.24) is 4.90 Å². The molecular formula is C21H22F3N3O5. The quantitative estimate of drug-likeness (QED) is 0.693. The van der Waals surface area contributed by atoms with Gasteiger partial charge in [-0.25, -0.2) is 4.79 Å². The smallest absolute Gasteiger partial charge is 0.416 e. The Morgan fingerprint density at radius 1 is 1.00 bits per heavy atom. The van der Waals surface area contributed by atoms with Crippen molar-refractivity contribution in [3.63, 3.8) is 0 Å². The number of hydrogen-bond donors (Lipinski definition) is 1.